The summed E-state index contributed by atoms with van der Waals surface area (Å²) in [4.78, 5) is 0. The van der Waals surface area contributed by atoms with Crippen molar-refractivity contribution in [3.63, 3.8) is 0 Å². The average molecular weight is 827 g/mol. The molecule has 0 spiro atoms. The Morgan fingerprint density at radius 2 is 1.04 bits per heavy atom. The minimum atomic E-state index is -1.89. The van der Waals surface area contributed by atoms with E-state index in [4.69, 9.17) is 32.8 Å². The first-order chi connectivity index (χ1) is 27.2. The fourth-order valence-corrected chi connectivity index (χ4v) is 9.70. The lowest BCUT2D eigenvalue weighted by Gasteiger charge is -2.40. The zero-order chi connectivity index (χ0) is 43.8. The molecule has 0 bridgehead atoms. The van der Waals surface area contributed by atoms with Crippen LogP contribution < -0.4 is 0 Å². The predicted octanol–water partition coefficient (Wildman–Crippen LogP) is 9.20. The second-order valence-corrected chi connectivity index (χ2v) is 19.9. The second kappa shape index (κ2) is 35.1. The summed E-state index contributed by atoms with van der Waals surface area (Å²) in [5, 5.41) is 29.5. The summed E-state index contributed by atoms with van der Waals surface area (Å²) in [6.45, 7) is 26.7. The molecule has 0 aliphatic heterocycles. The Morgan fingerprint density at radius 3 is 1.39 bits per heavy atom. The Bertz CT molecular complexity index is 1110. The zero-order valence-corrected chi connectivity index (χ0v) is 39.3. The highest BCUT2D eigenvalue weighted by molar-refractivity contribution is 6.73. The minimum Gasteiger partial charge on any atom is -0.410 e. The maximum atomic E-state index is 10.7. The van der Waals surface area contributed by atoms with Crippen LogP contribution in [0.1, 0.15) is 88.0 Å². The third kappa shape index (κ3) is 23.0. The first-order valence-electron chi connectivity index (χ1n) is 21.0. The molecule has 2 unspecified atom stereocenters. The van der Waals surface area contributed by atoms with Crippen molar-refractivity contribution in [1.29, 1.82) is 0 Å². The fraction of sp³-hybridized carbons (Fsp3) is 0.739. The lowest BCUT2D eigenvalue weighted by molar-refractivity contribution is -0.139. The highest BCUT2D eigenvalue weighted by Gasteiger charge is 2.39. The lowest BCUT2D eigenvalue weighted by Crippen LogP contribution is -2.48. The van der Waals surface area contributed by atoms with E-state index in [9.17, 15) is 15.3 Å². The molecule has 10 nitrogen and oxygen atoms in total. The van der Waals surface area contributed by atoms with Crippen LogP contribution in [0.25, 0.3) is 0 Å². The van der Waals surface area contributed by atoms with E-state index in [1.165, 1.54) is 0 Å². The molecule has 0 fully saturated rings. The van der Waals surface area contributed by atoms with Crippen molar-refractivity contribution in [2.45, 2.75) is 143 Å². The highest BCUT2D eigenvalue weighted by atomic mass is 28.4. The van der Waals surface area contributed by atoms with Crippen LogP contribution in [-0.2, 0) is 32.8 Å². The van der Waals surface area contributed by atoms with Gasteiger partial charge in [0.1, 0.15) is 25.8 Å². The summed E-state index contributed by atoms with van der Waals surface area (Å²) in [6, 6.07) is 3.22. The molecule has 0 aromatic rings. The van der Waals surface area contributed by atoms with Gasteiger partial charge in [-0.3, -0.25) is 0 Å². The van der Waals surface area contributed by atoms with Gasteiger partial charge in [-0.2, -0.15) is 0 Å². The molecular weight excluding hydrogens is 741 g/mol. The molecule has 0 radical (unpaired) electrons. The second-order valence-electron chi connectivity index (χ2n) is 15.2. The summed E-state index contributed by atoms with van der Waals surface area (Å²) in [7, 11) is 4.65. The first kappa shape index (κ1) is 57.4. The van der Waals surface area contributed by atoms with Crippen LogP contribution in [0.4, 0.5) is 0 Å². The number of aliphatic hydroxyl groups excluding tert-OH is 3. The molecular formula is C46H86O10Si. The van der Waals surface area contributed by atoms with Gasteiger partial charge < -0.3 is 48.2 Å². The van der Waals surface area contributed by atoms with E-state index >= 15 is 0 Å². The van der Waals surface area contributed by atoms with Gasteiger partial charge in [0.05, 0.1) is 24.4 Å². The number of hydrogen-bond donors (Lipinski definition) is 3. The Morgan fingerprint density at radius 1 is 0.632 bits per heavy atom. The normalized spacial score (nSPS) is 18.2. The van der Waals surface area contributed by atoms with Gasteiger partial charge in [-0.15, -0.1) is 13.2 Å². The lowest BCUT2D eigenvalue weighted by atomic mass is 9.88. The summed E-state index contributed by atoms with van der Waals surface area (Å²) >= 11 is 0. The van der Waals surface area contributed by atoms with Crippen LogP contribution in [0.15, 0.2) is 72.9 Å². The van der Waals surface area contributed by atoms with Gasteiger partial charge in [-0.25, -0.2) is 0 Å². The molecule has 0 aromatic heterocycles. The number of ether oxygens (including phenoxy) is 6. The van der Waals surface area contributed by atoms with Crippen LogP contribution in [0.2, 0.25) is 18.1 Å². The van der Waals surface area contributed by atoms with E-state index in [-0.39, 0.29) is 81.0 Å². The quantitative estimate of drug-likeness (QED) is 0.0255. The molecule has 0 rings (SSSR count). The molecule has 0 heterocycles. The van der Waals surface area contributed by atoms with Gasteiger partial charge in [0.15, 0.2) is 8.32 Å². The predicted molar refractivity (Wildman–Crippen MR) is 239 cm³/mol. The summed E-state index contributed by atoms with van der Waals surface area (Å²) in [6.07, 6.45) is 17.7. The van der Waals surface area contributed by atoms with E-state index in [2.05, 4.69) is 66.0 Å². The number of allylic oxidation sites excluding steroid dienone is 4. The topological polar surface area (TPSA) is 125 Å². The first-order valence-corrected chi connectivity index (χ1v) is 23.5. The largest absolute Gasteiger partial charge is 0.410 e. The van der Waals surface area contributed by atoms with Gasteiger partial charge in [0, 0.05) is 53.5 Å². The number of unbranched alkanes of at least 4 members (excludes halogenated alkanes) is 2. The molecule has 0 amide bonds. The van der Waals surface area contributed by atoms with Crippen LogP contribution in [-0.4, -0.2) is 115 Å². The van der Waals surface area contributed by atoms with Crippen LogP contribution in [0.3, 0.4) is 0 Å². The molecule has 334 valence electrons. The van der Waals surface area contributed by atoms with Gasteiger partial charge in [-0.1, -0.05) is 97.1 Å². The number of aliphatic hydroxyl groups is 3. The van der Waals surface area contributed by atoms with Crippen molar-refractivity contribution < 1.29 is 48.2 Å². The molecule has 0 aliphatic rings. The van der Waals surface area contributed by atoms with Crippen LogP contribution >= 0.6 is 0 Å². The molecule has 0 saturated heterocycles. The molecule has 0 saturated carbocycles. The van der Waals surface area contributed by atoms with Crippen LogP contribution in [0, 0.1) is 23.7 Å². The SMILES string of the molecule is C=CCC/C=C/C(OC)[C@@H](OCOC)[C@H](C)[C@@H](O)/C(C)=C/[C@H](C)CO.C=CCC/C=C/C(OC)[C@@H](OCOC)[C@H](C)[C@H](O[Si](CC)(CC)CC)/C(C)=C/[C@H](C)CO. The van der Waals surface area contributed by atoms with Crippen LogP contribution in [0.5, 0.6) is 0 Å². The number of hydrogen-bond acceptors (Lipinski definition) is 10. The summed E-state index contributed by atoms with van der Waals surface area (Å²) in [5.74, 6) is -0.119. The van der Waals surface area contributed by atoms with Crippen molar-refractivity contribution in [2.75, 3.05) is 55.2 Å². The zero-order valence-electron chi connectivity index (χ0n) is 38.3. The molecule has 3 N–H and O–H groups in total. The van der Waals surface area contributed by atoms with E-state index < -0.39 is 14.4 Å². The Kier molecular flexibility index (Phi) is 35.3. The van der Waals surface area contributed by atoms with Gasteiger partial charge in [-0.05, 0) is 80.6 Å². The summed E-state index contributed by atoms with van der Waals surface area (Å²) < 4.78 is 40.7. The molecule has 0 aliphatic carbocycles. The van der Waals surface area contributed by atoms with Gasteiger partial charge in [0.2, 0.25) is 0 Å². The monoisotopic (exact) mass is 827 g/mol. The Labute approximate surface area is 350 Å². The summed E-state index contributed by atoms with van der Waals surface area (Å²) in [5.41, 5.74) is 1.95. The number of methoxy groups -OCH3 is 4. The standard InChI is InChI=1S/C26H50O5Si.C20H36O5/c1-10-14-15-16-17-24(29-9)26(30-20-28-8)23(7)25(22(6)18-21(5)19-27)31-32(11-2,12-3)13-4;1-7-8-9-10-11-18(24-6)20(25-14-23-5)17(4)19(22)16(3)12-15(2)13-21/h10,16-18,21,23-27H,1,11-15,19-20H2,2-9H3;7,10-12,15,17-22H,1,8-9,13-14H2,2-6H3/b17-16+,22-18+;11-10+,16-12+/t21-,23+,24?,25+,26-;15-,17+,18?,19-,20-/m00/s1. The Hall–Kier alpha value is -1.74. The third-order valence-electron chi connectivity index (χ3n) is 10.6. The van der Waals surface area contributed by atoms with E-state index in [1.807, 2.05) is 58.1 Å². The van der Waals surface area contributed by atoms with Crippen molar-refractivity contribution in [3.8, 4) is 0 Å². The Balaban J connectivity index is 0. The van der Waals surface area contributed by atoms with Crippen molar-refractivity contribution in [2.24, 2.45) is 23.7 Å². The minimum absolute atomic E-state index is 0.00258. The number of rotatable bonds is 33. The van der Waals surface area contributed by atoms with E-state index in [0.717, 1.165) is 55.0 Å². The molecule has 10 atom stereocenters. The smallest absolute Gasteiger partial charge is 0.192 e. The van der Waals surface area contributed by atoms with Crippen molar-refractivity contribution in [3.05, 3.63) is 72.9 Å². The average Bonchev–Trinajstić information content (AvgIpc) is 3.22. The third-order valence-corrected chi connectivity index (χ3v) is 15.2. The maximum absolute atomic E-state index is 10.7. The fourth-order valence-electron chi connectivity index (χ4n) is 6.77. The van der Waals surface area contributed by atoms with Gasteiger partial charge >= 0.3 is 0 Å². The van der Waals surface area contributed by atoms with Crippen molar-refractivity contribution >= 4 is 8.32 Å². The van der Waals surface area contributed by atoms with Crippen molar-refractivity contribution in [1.82, 2.24) is 0 Å². The molecule has 0 aromatic carbocycles. The molecule has 57 heavy (non-hydrogen) atoms. The van der Waals surface area contributed by atoms with E-state index in [0.29, 0.717) is 0 Å². The highest BCUT2D eigenvalue weighted by Crippen LogP contribution is 2.33. The van der Waals surface area contributed by atoms with E-state index in [1.54, 1.807) is 28.4 Å². The maximum Gasteiger partial charge on any atom is 0.192 e. The molecule has 11 heteroatoms. The van der Waals surface area contributed by atoms with Gasteiger partial charge in [0.25, 0.3) is 0 Å².